The lowest BCUT2D eigenvalue weighted by Crippen LogP contribution is -2.17. The minimum absolute atomic E-state index is 0.0361. The third-order valence-electron chi connectivity index (χ3n) is 2.95. The van der Waals surface area contributed by atoms with Crippen molar-refractivity contribution in [1.82, 2.24) is 0 Å². The number of benzene rings is 1. The average molecular weight is 335 g/mol. The number of aromatic carboxylic acids is 1. The van der Waals surface area contributed by atoms with Crippen LogP contribution < -0.4 is 10.5 Å². The Labute approximate surface area is 129 Å². The molecule has 0 unspecified atom stereocenters. The van der Waals surface area contributed by atoms with E-state index in [1.807, 2.05) is 0 Å². The van der Waals surface area contributed by atoms with Crippen molar-refractivity contribution < 1.29 is 18.3 Å². The van der Waals surface area contributed by atoms with Gasteiger partial charge in [-0.3, -0.25) is 0 Å². The third-order valence-corrected chi connectivity index (χ3v) is 4.22. The number of sulfonamides is 1. The molecule has 0 amide bonds. The Balaban J connectivity index is 3.02. The molecule has 8 heteroatoms. The van der Waals surface area contributed by atoms with Crippen LogP contribution >= 0.6 is 11.6 Å². The molecule has 0 aromatic heterocycles. The fourth-order valence-corrected chi connectivity index (χ4v) is 2.83. The number of primary sulfonamides is 1. The molecular weight excluding hydrogens is 316 g/mol. The van der Waals surface area contributed by atoms with E-state index in [4.69, 9.17) is 21.8 Å². The van der Waals surface area contributed by atoms with Crippen molar-refractivity contribution >= 4 is 33.3 Å². The number of hydrogen-bond acceptors (Lipinski definition) is 4. The molecule has 6 nitrogen and oxygen atoms in total. The van der Waals surface area contributed by atoms with Gasteiger partial charge in [0, 0.05) is 6.54 Å². The smallest absolute Gasteiger partial charge is 0.337 e. The summed E-state index contributed by atoms with van der Waals surface area (Å²) in [6.07, 6.45) is 4.09. The minimum Gasteiger partial charge on any atom is -0.478 e. The molecule has 0 aliphatic carbocycles. The Morgan fingerprint density at radius 2 is 2.00 bits per heavy atom. The SMILES string of the molecule is CCCCCCNc1cc(Cl)c(C(=O)O)cc1S(N)(=O)=O. The first-order valence-corrected chi connectivity index (χ1v) is 8.53. The van der Waals surface area contributed by atoms with E-state index in [0.717, 1.165) is 31.7 Å². The zero-order valence-corrected chi connectivity index (χ0v) is 13.3. The predicted molar refractivity (Wildman–Crippen MR) is 82.4 cm³/mol. The molecule has 0 aliphatic rings. The van der Waals surface area contributed by atoms with Crippen molar-refractivity contribution in [3.05, 3.63) is 22.7 Å². The summed E-state index contributed by atoms with van der Waals surface area (Å²) in [6, 6.07) is 2.26. The maximum atomic E-state index is 11.6. The Bertz CT molecular complexity index is 617. The largest absolute Gasteiger partial charge is 0.478 e. The first-order chi connectivity index (χ1) is 9.77. The number of rotatable bonds is 8. The number of carboxylic acids is 1. The van der Waals surface area contributed by atoms with Crippen LogP contribution in [0.1, 0.15) is 43.0 Å². The lowest BCUT2D eigenvalue weighted by molar-refractivity contribution is 0.0697. The third kappa shape index (κ3) is 5.18. The van der Waals surface area contributed by atoms with E-state index in [1.165, 1.54) is 6.07 Å². The highest BCUT2D eigenvalue weighted by atomic mass is 35.5. The second kappa shape index (κ2) is 7.63. The number of halogens is 1. The van der Waals surface area contributed by atoms with Crippen molar-refractivity contribution in [2.24, 2.45) is 5.14 Å². The molecule has 118 valence electrons. The number of nitrogens with one attached hydrogen (secondary N) is 1. The van der Waals surface area contributed by atoms with Gasteiger partial charge in [0.05, 0.1) is 16.3 Å². The van der Waals surface area contributed by atoms with Gasteiger partial charge in [-0.25, -0.2) is 18.4 Å². The molecule has 21 heavy (non-hydrogen) atoms. The Morgan fingerprint density at radius 1 is 1.33 bits per heavy atom. The highest BCUT2D eigenvalue weighted by molar-refractivity contribution is 7.89. The van der Waals surface area contributed by atoms with E-state index >= 15 is 0 Å². The molecule has 0 radical (unpaired) electrons. The zero-order valence-electron chi connectivity index (χ0n) is 11.7. The lowest BCUT2D eigenvalue weighted by Gasteiger charge is -2.12. The highest BCUT2D eigenvalue weighted by Gasteiger charge is 2.20. The van der Waals surface area contributed by atoms with Gasteiger partial charge in [0.2, 0.25) is 10.0 Å². The van der Waals surface area contributed by atoms with Crippen molar-refractivity contribution in [3.8, 4) is 0 Å². The molecule has 0 spiro atoms. The molecule has 0 bridgehead atoms. The van der Waals surface area contributed by atoms with Crippen LogP contribution in [0.3, 0.4) is 0 Å². The van der Waals surface area contributed by atoms with Crippen LogP contribution in [0.15, 0.2) is 17.0 Å². The number of carboxylic acid groups (broad SMARTS) is 1. The molecule has 4 N–H and O–H groups in total. The maximum absolute atomic E-state index is 11.6. The van der Waals surface area contributed by atoms with Crippen LogP contribution in [-0.4, -0.2) is 26.0 Å². The van der Waals surface area contributed by atoms with E-state index in [9.17, 15) is 13.2 Å². The monoisotopic (exact) mass is 334 g/mol. The number of unbranched alkanes of at least 4 members (excludes halogenated alkanes) is 3. The summed E-state index contributed by atoms with van der Waals surface area (Å²) in [5.41, 5.74) is -0.0683. The molecular formula is C13H19ClN2O4S. The summed E-state index contributed by atoms with van der Waals surface area (Å²) >= 11 is 5.85. The van der Waals surface area contributed by atoms with Crippen molar-refractivity contribution in [2.75, 3.05) is 11.9 Å². The van der Waals surface area contributed by atoms with Gasteiger partial charge < -0.3 is 10.4 Å². The normalized spacial score (nSPS) is 11.4. The second-order valence-electron chi connectivity index (χ2n) is 4.67. The van der Waals surface area contributed by atoms with Gasteiger partial charge in [0.1, 0.15) is 4.90 Å². The Hall–Kier alpha value is -1.31. The van der Waals surface area contributed by atoms with E-state index in [-0.39, 0.29) is 21.2 Å². The maximum Gasteiger partial charge on any atom is 0.337 e. The van der Waals surface area contributed by atoms with Crippen molar-refractivity contribution in [3.63, 3.8) is 0 Å². The minimum atomic E-state index is -4.04. The summed E-state index contributed by atoms with van der Waals surface area (Å²) in [5.74, 6) is -1.31. The lowest BCUT2D eigenvalue weighted by atomic mass is 10.2. The number of carbonyl (C=O) groups is 1. The Morgan fingerprint density at radius 3 is 2.52 bits per heavy atom. The van der Waals surface area contributed by atoms with Crippen molar-refractivity contribution in [1.29, 1.82) is 0 Å². The van der Waals surface area contributed by atoms with Gasteiger partial charge in [-0.05, 0) is 18.6 Å². The number of hydrogen-bond donors (Lipinski definition) is 3. The molecule has 0 saturated heterocycles. The van der Waals surface area contributed by atoms with Gasteiger partial charge in [-0.1, -0.05) is 37.8 Å². The van der Waals surface area contributed by atoms with E-state index in [2.05, 4.69) is 12.2 Å². The molecule has 0 atom stereocenters. The molecule has 0 saturated carbocycles. The zero-order chi connectivity index (χ0) is 16.0. The number of anilines is 1. The van der Waals surface area contributed by atoms with Crippen LogP contribution in [0, 0.1) is 0 Å². The van der Waals surface area contributed by atoms with E-state index in [0.29, 0.717) is 6.54 Å². The fourth-order valence-electron chi connectivity index (χ4n) is 1.87. The average Bonchev–Trinajstić information content (AvgIpc) is 2.36. The topological polar surface area (TPSA) is 109 Å². The van der Waals surface area contributed by atoms with Gasteiger partial charge in [-0.15, -0.1) is 0 Å². The molecule has 0 heterocycles. The van der Waals surface area contributed by atoms with Gasteiger partial charge >= 0.3 is 5.97 Å². The quantitative estimate of drug-likeness (QED) is 0.633. The van der Waals surface area contributed by atoms with Crippen LogP contribution in [0.4, 0.5) is 5.69 Å². The van der Waals surface area contributed by atoms with Gasteiger partial charge in [0.15, 0.2) is 0 Å². The standard InChI is InChI=1S/C13H19ClN2O4S/c1-2-3-4-5-6-16-11-8-10(14)9(13(17)18)7-12(11)21(15,19)20/h7-8,16H,2-6H2,1H3,(H,17,18)(H2,15,19,20). The summed E-state index contributed by atoms with van der Waals surface area (Å²) in [5, 5.41) is 17.0. The second-order valence-corrected chi connectivity index (χ2v) is 6.60. The van der Waals surface area contributed by atoms with E-state index < -0.39 is 16.0 Å². The molecule has 1 aromatic rings. The summed E-state index contributed by atoms with van der Waals surface area (Å²) in [7, 11) is -4.04. The predicted octanol–water partition coefficient (Wildman–Crippen LogP) is 2.68. The summed E-state index contributed by atoms with van der Waals surface area (Å²) < 4.78 is 23.2. The highest BCUT2D eigenvalue weighted by Crippen LogP contribution is 2.28. The first-order valence-electron chi connectivity index (χ1n) is 6.61. The molecule has 1 aromatic carbocycles. The van der Waals surface area contributed by atoms with Crippen LogP contribution in [0.5, 0.6) is 0 Å². The molecule has 1 rings (SSSR count). The first kappa shape index (κ1) is 17.7. The van der Waals surface area contributed by atoms with Crippen LogP contribution in [0.2, 0.25) is 5.02 Å². The van der Waals surface area contributed by atoms with Crippen LogP contribution in [-0.2, 0) is 10.0 Å². The fraction of sp³-hybridized carbons (Fsp3) is 0.462. The van der Waals surface area contributed by atoms with Crippen molar-refractivity contribution in [2.45, 2.75) is 37.5 Å². The van der Waals surface area contributed by atoms with Crippen LogP contribution in [0.25, 0.3) is 0 Å². The summed E-state index contributed by atoms with van der Waals surface area (Å²) in [6.45, 7) is 2.65. The molecule has 0 fully saturated rings. The van der Waals surface area contributed by atoms with E-state index in [1.54, 1.807) is 0 Å². The summed E-state index contributed by atoms with van der Waals surface area (Å²) in [4.78, 5) is 10.7. The van der Waals surface area contributed by atoms with Gasteiger partial charge in [-0.2, -0.15) is 0 Å². The molecule has 0 aliphatic heterocycles. The Kier molecular flexibility index (Phi) is 6.44. The van der Waals surface area contributed by atoms with Gasteiger partial charge in [0.25, 0.3) is 0 Å². The number of nitrogens with two attached hydrogens (primary N) is 1.